The first-order valence-corrected chi connectivity index (χ1v) is 10.4. The van der Waals surface area contributed by atoms with Gasteiger partial charge in [-0.2, -0.15) is 5.10 Å². The highest BCUT2D eigenvalue weighted by atomic mass is 32.1. The van der Waals surface area contributed by atoms with Crippen LogP contribution < -0.4 is 0 Å². The first-order chi connectivity index (χ1) is 13.3. The average molecular weight is 385 g/mol. The highest BCUT2D eigenvalue weighted by Gasteiger charge is 2.30. The molecule has 0 N–H and O–H groups in total. The quantitative estimate of drug-likeness (QED) is 0.655. The Morgan fingerprint density at radius 1 is 1.26 bits per heavy atom. The molecule has 1 aliphatic heterocycles. The molecule has 3 aromatic rings. The van der Waals surface area contributed by atoms with E-state index in [4.69, 9.17) is 0 Å². The normalized spacial score (nSPS) is 16.6. The van der Waals surface area contributed by atoms with E-state index in [1.54, 1.807) is 22.2 Å². The Balaban J connectivity index is 1.39. The van der Waals surface area contributed by atoms with E-state index in [-0.39, 0.29) is 11.9 Å². The molecular weight excluding hydrogens is 360 g/mol. The molecule has 0 radical (unpaired) electrons. The third-order valence-corrected chi connectivity index (χ3v) is 5.89. The molecule has 0 unspecified atom stereocenters. The summed E-state index contributed by atoms with van der Waals surface area (Å²) in [7, 11) is 0. The van der Waals surface area contributed by atoms with E-state index < -0.39 is 0 Å². The number of likely N-dealkylation sites (tertiary alicyclic amines) is 1. The number of hydrogen-bond donors (Lipinski definition) is 0. The van der Waals surface area contributed by atoms with Crippen molar-refractivity contribution >= 4 is 17.2 Å². The SMILES string of the molecule is CC[C@@H](C(=O)N1CCC(c2nccn2Cc2cscn2)CC1)n1cccn1. The molecule has 1 amide bonds. The summed E-state index contributed by atoms with van der Waals surface area (Å²) < 4.78 is 3.96. The summed E-state index contributed by atoms with van der Waals surface area (Å²) >= 11 is 1.61. The van der Waals surface area contributed by atoms with Crippen molar-refractivity contribution in [1.29, 1.82) is 0 Å². The van der Waals surface area contributed by atoms with E-state index in [0.717, 1.165) is 50.4 Å². The van der Waals surface area contributed by atoms with Crippen LogP contribution in [0.4, 0.5) is 0 Å². The Hall–Kier alpha value is -2.48. The van der Waals surface area contributed by atoms with Gasteiger partial charge in [0.15, 0.2) is 0 Å². The number of carbonyl (C=O) groups is 1. The van der Waals surface area contributed by atoms with Gasteiger partial charge < -0.3 is 9.47 Å². The van der Waals surface area contributed by atoms with Gasteiger partial charge in [0.2, 0.25) is 5.91 Å². The number of nitrogens with zero attached hydrogens (tertiary/aromatic N) is 6. The summed E-state index contributed by atoms with van der Waals surface area (Å²) in [5.41, 5.74) is 2.93. The molecule has 1 fully saturated rings. The van der Waals surface area contributed by atoms with E-state index in [2.05, 4.69) is 25.0 Å². The Bertz CT molecular complexity index is 849. The van der Waals surface area contributed by atoms with E-state index >= 15 is 0 Å². The third kappa shape index (κ3) is 3.80. The van der Waals surface area contributed by atoms with Gasteiger partial charge in [-0.3, -0.25) is 9.48 Å². The molecular formula is C19H24N6OS. The van der Waals surface area contributed by atoms with Gasteiger partial charge >= 0.3 is 0 Å². The molecule has 1 aliphatic rings. The molecule has 8 heteroatoms. The lowest BCUT2D eigenvalue weighted by atomic mass is 9.95. The number of rotatable bonds is 6. The molecule has 4 heterocycles. The van der Waals surface area contributed by atoms with Crippen LogP contribution in [0.5, 0.6) is 0 Å². The van der Waals surface area contributed by atoms with Gasteiger partial charge in [-0.1, -0.05) is 6.92 Å². The molecule has 1 saturated heterocycles. The first-order valence-electron chi connectivity index (χ1n) is 9.42. The summed E-state index contributed by atoms with van der Waals surface area (Å²) in [4.78, 5) is 23.9. The van der Waals surface area contributed by atoms with E-state index in [1.165, 1.54) is 0 Å². The van der Waals surface area contributed by atoms with Crippen molar-refractivity contribution in [2.45, 2.75) is 44.7 Å². The van der Waals surface area contributed by atoms with Gasteiger partial charge in [0.1, 0.15) is 11.9 Å². The van der Waals surface area contributed by atoms with Gasteiger partial charge in [0.05, 0.1) is 17.7 Å². The van der Waals surface area contributed by atoms with Gasteiger partial charge in [0, 0.05) is 49.2 Å². The molecule has 0 bridgehead atoms. The maximum atomic E-state index is 12.9. The predicted molar refractivity (Wildman–Crippen MR) is 104 cm³/mol. The van der Waals surface area contributed by atoms with Crippen molar-refractivity contribution in [3.8, 4) is 0 Å². The standard InChI is InChI=1S/C19H24N6OS/c1-2-17(25-8-3-6-22-25)19(26)23-9-4-15(5-10-23)18-20-7-11-24(18)12-16-13-27-14-21-16/h3,6-8,11,13-15,17H,2,4-5,9-10,12H2,1H3/t17-/m0/s1. The lowest BCUT2D eigenvalue weighted by molar-refractivity contribution is -0.136. The molecule has 0 aromatic carbocycles. The molecule has 0 spiro atoms. The molecule has 4 rings (SSSR count). The van der Waals surface area contributed by atoms with Gasteiger partial charge in [-0.15, -0.1) is 11.3 Å². The maximum Gasteiger partial charge on any atom is 0.247 e. The van der Waals surface area contributed by atoms with Crippen molar-refractivity contribution < 1.29 is 4.79 Å². The Labute approximate surface area is 162 Å². The van der Waals surface area contributed by atoms with E-state index in [1.807, 2.05) is 42.0 Å². The van der Waals surface area contributed by atoms with Gasteiger partial charge in [-0.05, 0) is 25.3 Å². The molecule has 3 aromatic heterocycles. The number of carbonyl (C=O) groups excluding carboxylic acids is 1. The molecule has 1 atom stereocenters. The van der Waals surface area contributed by atoms with Crippen LogP contribution in [0.3, 0.4) is 0 Å². The topological polar surface area (TPSA) is 68.8 Å². The lowest BCUT2D eigenvalue weighted by Crippen LogP contribution is -2.42. The predicted octanol–water partition coefficient (Wildman–Crippen LogP) is 2.94. The summed E-state index contributed by atoms with van der Waals surface area (Å²) in [6.45, 7) is 4.33. The smallest absolute Gasteiger partial charge is 0.247 e. The number of aromatic nitrogens is 5. The van der Waals surface area contributed by atoms with Crippen LogP contribution in [-0.4, -0.2) is 48.2 Å². The van der Waals surface area contributed by atoms with E-state index in [0.29, 0.717) is 5.92 Å². The molecule has 142 valence electrons. The largest absolute Gasteiger partial charge is 0.341 e. The third-order valence-electron chi connectivity index (χ3n) is 5.25. The van der Waals surface area contributed by atoms with Crippen LogP contribution in [0.15, 0.2) is 41.7 Å². The highest BCUT2D eigenvalue weighted by molar-refractivity contribution is 7.07. The number of hydrogen-bond acceptors (Lipinski definition) is 5. The minimum absolute atomic E-state index is 0.172. The number of amides is 1. The first kappa shape index (κ1) is 17.9. The zero-order valence-corrected chi connectivity index (χ0v) is 16.3. The van der Waals surface area contributed by atoms with Gasteiger partial charge in [-0.25, -0.2) is 9.97 Å². The van der Waals surface area contributed by atoms with Crippen LogP contribution in [0.2, 0.25) is 0 Å². The zero-order valence-electron chi connectivity index (χ0n) is 15.4. The van der Waals surface area contributed by atoms with Crippen molar-refractivity contribution in [3.63, 3.8) is 0 Å². The molecule has 27 heavy (non-hydrogen) atoms. The zero-order chi connectivity index (χ0) is 18.6. The van der Waals surface area contributed by atoms with Crippen LogP contribution >= 0.6 is 11.3 Å². The monoisotopic (exact) mass is 384 g/mol. The number of piperidine rings is 1. The number of thiazole rings is 1. The Kier molecular flexibility index (Phi) is 5.33. The van der Waals surface area contributed by atoms with Crippen molar-refractivity contribution in [3.05, 3.63) is 53.3 Å². The maximum absolute atomic E-state index is 12.9. The fourth-order valence-corrected chi connectivity index (χ4v) is 4.36. The Morgan fingerprint density at radius 2 is 2.11 bits per heavy atom. The van der Waals surface area contributed by atoms with Crippen LogP contribution in [-0.2, 0) is 11.3 Å². The fourth-order valence-electron chi connectivity index (χ4n) is 3.81. The van der Waals surface area contributed by atoms with Crippen LogP contribution in [0.25, 0.3) is 0 Å². The van der Waals surface area contributed by atoms with Crippen molar-refractivity contribution in [2.75, 3.05) is 13.1 Å². The minimum Gasteiger partial charge on any atom is -0.341 e. The molecule has 0 aliphatic carbocycles. The van der Waals surface area contributed by atoms with E-state index in [9.17, 15) is 4.79 Å². The molecule has 7 nitrogen and oxygen atoms in total. The van der Waals surface area contributed by atoms with Gasteiger partial charge in [0.25, 0.3) is 0 Å². The van der Waals surface area contributed by atoms with Crippen molar-refractivity contribution in [2.24, 2.45) is 0 Å². The fraction of sp³-hybridized carbons (Fsp3) is 0.474. The second-order valence-electron chi connectivity index (χ2n) is 6.90. The summed E-state index contributed by atoms with van der Waals surface area (Å²) in [6.07, 6.45) is 10.1. The summed E-state index contributed by atoms with van der Waals surface area (Å²) in [5, 5.41) is 6.33. The average Bonchev–Trinajstić information content (AvgIpc) is 3.46. The highest BCUT2D eigenvalue weighted by Crippen LogP contribution is 2.29. The molecule has 0 saturated carbocycles. The summed E-state index contributed by atoms with van der Waals surface area (Å²) in [5.74, 6) is 1.66. The lowest BCUT2D eigenvalue weighted by Gasteiger charge is -2.34. The van der Waals surface area contributed by atoms with Crippen LogP contribution in [0.1, 0.15) is 49.7 Å². The summed E-state index contributed by atoms with van der Waals surface area (Å²) in [6, 6.07) is 1.66. The van der Waals surface area contributed by atoms with Crippen LogP contribution in [0, 0.1) is 0 Å². The second-order valence-corrected chi connectivity index (χ2v) is 7.62. The minimum atomic E-state index is -0.205. The second kappa shape index (κ2) is 8.04. The Morgan fingerprint density at radius 3 is 2.78 bits per heavy atom. The van der Waals surface area contributed by atoms with Crippen molar-refractivity contribution in [1.82, 2.24) is 29.2 Å². The number of imidazole rings is 1.